The van der Waals surface area contributed by atoms with Crippen molar-refractivity contribution in [2.45, 2.75) is 31.8 Å². The van der Waals surface area contributed by atoms with Crippen LogP contribution in [0, 0.1) is 11.8 Å². The average molecular weight is 358 g/mol. The molecule has 2 N–H and O–H groups in total. The lowest BCUT2D eigenvalue weighted by Crippen LogP contribution is -2.45. The third-order valence-electron chi connectivity index (χ3n) is 5.63. The highest BCUT2D eigenvalue weighted by Gasteiger charge is 2.46. The summed E-state index contributed by atoms with van der Waals surface area (Å²) in [6.45, 7) is 2.33. The van der Waals surface area contributed by atoms with Crippen LogP contribution in [0.3, 0.4) is 0 Å². The highest BCUT2D eigenvalue weighted by atomic mass is 35.5. The van der Waals surface area contributed by atoms with E-state index in [1.165, 1.54) is 5.56 Å². The van der Waals surface area contributed by atoms with Crippen LogP contribution >= 0.6 is 12.4 Å². The Hall–Kier alpha value is -0.660. The molecule has 2 fully saturated rings. The number of benzene rings is 1. The van der Waals surface area contributed by atoms with Crippen molar-refractivity contribution in [1.82, 2.24) is 8.61 Å². The molecule has 3 unspecified atom stereocenters. The van der Waals surface area contributed by atoms with E-state index < -0.39 is 10.2 Å². The predicted octanol–water partition coefficient (Wildman–Crippen LogP) is 1.38. The van der Waals surface area contributed by atoms with Crippen LogP contribution in [-0.4, -0.2) is 42.7 Å². The van der Waals surface area contributed by atoms with Crippen molar-refractivity contribution < 1.29 is 8.42 Å². The third-order valence-corrected chi connectivity index (χ3v) is 7.54. The molecule has 0 amide bonds. The van der Waals surface area contributed by atoms with Crippen molar-refractivity contribution in [3.63, 3.8) is 0 Å². The Labute approximate surface area is 144 Å². The lowest BCUT2D eigenvalue weighted by atomic mass is 9.98. The van der Waals surface area contributed by atoms with Crippen molar-refractivity contribution >= 4 is 22.6 Å². The number of nitrogens with two attached hydrogens (primary N) is 1. The molecule has 4 rings (SSSR count). The summed E-state index contributed by atoms with van der Waals surface area (Å²) >= 11 is 0. The van der Waals surface area contributed by atoms with Gasteiger partial charge < -0.3 is 5.73 Å². The van der Waals surface area contributed by atoms with E-state index in [2.05, 4.69) is 6.07 Å². The molecule has 0 radical (unpaired) electrons. The molecule has 5 nitrogen and oxygen atoms in total. The number of hydrogen-bond acceptors (Lipinski definition) is 3. The average Bonchev–Trinajstić information content (AvgIpc) is 3.10. The summed E-state index contributed by atoms with van der Waals surface area (Å²) in [5, 5.41) is 0. The normalized spacial score (nSPS) is 31.4. The minimum absolute atomic E-state index is 0. The fourth-order valence-corrected chi connectivity index (χ4v) is 5.98. The molecule has 0 aromatic heterocycles. The minimum atomic E-state index is -3.36. The summed E-state index contributed by atoms with van der Waals surface area (Å²) in [5.74, 6) is 0.814. The summed E-state index contributed by atoms with van der Waals surface area (Å²) in [5.41, 5.74) is 8.54. The van der Waals surface area contributed by atoms with Crippen LogP contribution in [0.5, 0.6) is 0 Å². The topological polar surface area (TPSA) is 66.6 Å². The van der Waals surface area contributed by atoms with Gasteiger partial charge in [0.25, 0.3) is 10.2 Å². The summed E-state index contributed by atoms with van der Waals surface area (Å²) in [6, 6.07) is 8.30. The van der Waals surface area contributed by atoms with Crippen LogP contribution < -0.4 is 5.73 Å². The van der Waals surface area contributed by atoms with Crippen LogP contribution in [0.1, 0.15) is 24.0 Å². The Balaban J connectivity index is 0.00000156. The van der Waals surface area contributed by atoms with Gasteiger partial charge in [-0.3, -0.25) is 0 Å². The van der Waals surface area contributed by atoms with Crippen LogP contribution in [-0.2, 0) is 23.2 Å². The zero-order valence-electron chi connectivity index (χ0n) is 13.1. The van der Waals surface area contributed by atoms with Gasteiger partial charge in [-0.25, -0.2) is 0 Å². The first-order valence-electron chi connectivity index (χ1n) is 8.13. The maximum atomic E-state index is 12.9. The molecule has 1 aromatic rings. The van der Waals surface area contributed by atoms with Gasteiger partial charge >= 0.3 is 0 Å². The molecule has 23 heavy (non-hydrogen) atoms. The zero-order chi connectivity index (χ0) is 15.3. The van der Waals surface area contributed by atoms with Gasteiger partial charge in [-0.1, -0.05) is 24.3 Å². The minimum Gasteiger partial charge on any atom is -0.327 e. The predicted molar refractivity (Wildman–Crippen MR) is 92.5 cm³/mol. The Morgan fingerprint density at radius 2 is 1.78 bits per heavy atom. The van der Waals surface area contributed by atoms with E-state index in [0.29, 0.717) is 38.0 Å². The second-order valence-corrected chi connectivity index (χ2v) is 8.77. The Kier molecular flexibility index (Phi) is 4.73. The summed E-state index contributed by atoms with van der Waals surface area (Å²) in [4.78, 5) is 0. The van der Waals surface area contributed by atoms with Gasteiger partial charge in [0, 0.05) is 32.2 Å². The molecule has 128 valence electrons. The molecule has 1 saturated heterocycles. The van der Waals surface area contributed by atoms with Gasteiger partial charge in [0.1, 0.15) is 0 Å². The molecule has 1 saturated carbocycles. The first-order chi connectivity index (χ1) is 10.6. The van der Waals surface area contributed by atoms with Gasteiger partial charge in [-0.05, 0) is 42.2 Å². The lowest BCUT2D eigenvalue weighted by molar-refractivity contribution is 0.335. The molecule has 3 aliphatic rings. The molecule has 3 atom stereocenters. The maximum absolute atomic E-state index is 12.9. The van der Waals surface area contributed by atoms with Crippen molar-refractivity contribution in [2.24, 2.45) is 17.6 Å². The van der Waals surface area contributed by atoms with Gasteiger partial charge in [0.05, 0.1) is 0 Å². The quantitative estimate of drug-likeness (QED) is 0.869. The number of hydrogen-bond donors (Lipinski definition) is 1. The smallest absolute Gasteiger partial charge is 0.282 e. The van der Waals surface area contributed by atoms with Crippen molar-refractivity contribution in [3.8, 4) is 0 Å². The fraction of sp³-hybridized carbons (Fsp3) is 0.625. The molecule has 0 bridgehead atoms. The van der Waals surface area contributed by atoms with Crippen LogP contribution in [0.25, 0.3) is 0 Å². The number of rotatable bonds is 2. The molecule has 1 aromatic carbocycles. The van der Waals surface area contributed by atoms with Crippen LogP contribution in [0.4, 0.5) is 0 Å². The molecule has 7 heteroatoms. The first-order valence-corrected chi connectivity index (χ1v) is 9.53. The summed E-state index contributed by atoms with van der Waals surface area (Å²) in [6.07, 6.45) is 2.91. The van der Waals surface area contributed by atoms with Crippen molar-refractivity contribution in [2.75, 3.05) is 19.6 Å². The lowest BCUT2D eigenvalue weighted by Gasteiger charge is -2.31. The van der Waals surface area contributed by atoms with Gasteiger partial charge in [-0.2, -0.15) is 17.0 Å². The fourth-order valence-electron chi connectivity index (χ4n) is 4.29. The summed E-state index contributed by atoms with van der Waals surface area (Å²) in [7, 11) is -3.36. The Bertz CT molecular complexity index is 682. The van der Waals surface area contributed by atoms with Crippen LogP contribution in [0.15, 0.2) is 24.3 Å². The SMILES string of the molecule is Cl.NC1CCC2CN(S(=O)(=O)N3CCc4ccccc4C3)CC12. The van der Waals surface area contributed by atoms with Gasteiger partial charge in [-0.15, -0.1) is 12.4 Å². The van der Waals surface area contributed by atoms with E-state index in [0.717, 1.165) is 24.8 Å². The van der Waals surface area contributed by atoms with E-state index in [1.54, 1.807) is 8.61 Å². The first kappa shape index (κ1) is 17.2. The Morgan fingerprint density at radius 3 is 2.52 bits per heavy atom. The standard InChI is InChI=1S/C16H23N3O2S.ClH/c17-16-6-5-14-10-19(11-15(14)16)22(20,21)18-8-7-12-3-1-2-4-13(12)9-18;/h1-4,14-16H,5-11,17H2;1H. The van der Waals surface area contributed by atoms with E-state index in [-0.39, 0.29) is 18.4 Å². The highest BCUT2D eigenvalue weighted by Crippen LogP contribution is 2.39. The molecule has 2 aliphatic heterocycles. The molecule has 2 heterocycles. The van der Waals surface area contributed by atoms with Gasteiger partial charge in [0.15, 0.2) is 0 Å². The highest BCUT2D eigenvalue weighted by molar-refractivity contribution is 7.86. The van der Waals surface area contributed by atoms with E-state index in [9.17, 15) is 8.42 Å². The monoisotopic (exact) mass is 357 g/mol. The number of fused-ring (bicyclic) bond motifs is 2. The number of halogens is 1. The molecule has 1 aliphatic carbocycles. The van der Waals surface area contributed by atoms with E-state index in [1.807, 2.05) is 18.2 Å². The Morgan fingerprint density at radius 1 is 1.04 bits per heavy atom. The van der Waals surface area contributed by atoms with Gasteiger partial charge in [0.2, 0.25) is 0 Å². The number of nitrogens with zero attached hydrogens (tertiary/aromatic N) is 2. The summed E-state index contributed by atoms with van der Waals surface area (Å²) < 4.78 is 29.2. The van der Waals surface area contributed by atoms with Crippen molar-refractivity contribution in [1.29, 1.82) is 0 Å². The van der Waals surface area contributed by atoms with E-state index >= 15 is 0 Å². The molecular weight excluding hydrogens is 334 g/mol. The molecule has 0 spiro atoms. The third kappa shape index (κ3) is 2.91. The second kappa shape index (κ2) is 6.33. The largest absolute Gasteiger partial charge is 0.327 e. The molecular formula is C16H24ClN3O2S. The second-order valence-electron chi connectivity index (χ2n) is 6.84. The van der Waals surface area contributed by atoms with Crippen LogP contribution in [0.2, 0.25) is 0 Å². The van der Waals surface area contributed by atoms with E-state index in [4.69, 9.17) is 5.73 Å². The maximum Gasteiger partial charge on any atom is 0.282 e. The zero-order valence-corrected chi connectivity index (χ0v) is 14.7. The van der Waals surface area contributed by atoms with Crippen molar-refractivity contribution in [3.05, 3.63) is 35.4 Å².